The van der Waals surface area contributed by atoms with E-state index in [1.165, 1.54) is 0 Å². The van der Waals surface area contributed by atoms with Crippen molar-refractivity contribution < 1.29 is 14.6 Å². The van der Waals surface area contributed by atoms with Crippen molar-refractivity contribution in [3.05, 3.63) is 54.2 Å². The standard InChI is InChI=1S/C18H17N3O3/c22-16-4-5-17-13(9-16)10-19-21(17)15-3-1-2-12(8-15)18(23)20-14-6-7-24-11-14/h1-5,8-10,14,22H,6-7,11H2,(H,20,23). The molecule has 0 aliphatic carbocycles. The van der Waals surface area contributed by atoms with E-state index in [4.69, 9.17) is 4.74 Å². The third kappa shape index (κ3) is 2.72. The molecule has 2 N–H and O–H groups in total. The average Bonchev–Trinajstić information content (AvgIpc) is 3.24. The Balaban J connectivity index is 1.65. The van der Waals surface area contributed by atoms with Crippen LogP contribution >= 0.6 is 0 Å². The molecule has 2 heterocycles. The molecule has 6 nitrogen and oxygen atoms in total. The number of ether oxygens (including phenoxy) is 1. The molecule has 4 rings (SSSR count). The zero-order valence-corrected chi connectivity index (χ0v) is 13.0. The second-order valence-corrected chi connectivity index (χ2v) is 5.88. The number of benzene rings is 2. The highest BCUT2D eigenvalue weighted by Gasteiger charge is 2.19. The zero-order valence-electron chi connectivity index (χ0n) is 13.0. The lowest BCUT2D eigenvalue weighted by molar-refractivity contribution is 0.0930. The number of hydrogen-bond acceptors (Lipinski definition) is 4. The zero-order chi connectivity index (χ0) is 16.5. The molecule has 0 radical (unpaired) electrons. The van der Waals surface area contributed by atoms with Gasteiger partial charge in [-0.25, -0.2) is 4.68 Å². The Bertz CT molecular complexity index is 897. The van der Waals surface area contributed by atoms with Crippen LogP contribution in [0.5, 0.6) is 5.75 Å². The van der Waals surface area contributed by atoms with Crippen LogP contribution in [0.25, 0.3) is 16.6 Å². The summed E-state index contributed by atoms with van der Waals surface area (Å²) in [5, 5.41) is 17.8. The molecule has 1 amide bonds. The van der Waals surface area contributed by atoms with E-state index < -0.39 is 0 Å². The Labute approximate surface area is 138 Å². The number of amides is 1. The van der Waals surface area contributed by atoms with Gasteiger partial charge in [-0.2, -0.15) is 5.10 Å². The fraction of sp³-hybridized carbons (Fsp3) is 0.222. The molecule has 122 valence electrons. The number of nitrogens with zero attached hydrogens (tertiary/aromatic N) is 2. The Morgan fingerprint density at radius 2 is 2.21 bits per heavy atom. The summed E-state index contributed by atoms with van der Waals surface area (Å²) in [6, 6.07) is 12.5. The molecule has 6 heteroatoms. The number of phenolic OH excluding ortho intramolecular Hbond substituents is 1. The van der Waals surface area contributed by atoms with Gasteiger partial charge in [-0.15, -0.1) is 0 Å². The number of aromatic nitrogens is 2. The van der Waals surface area contributed by atoms with Crippen LogP contribution in [-0.2, 0) is 4.74 Å². The molecule has 1 atom stereocenters. The topological polar surface area (TPSA) is 76.4 Å². The van der Waals surface area contributed by atoms with Gasteiger partial charge in [0, 0.05) is 17.6 Å². The van der Waals surface area contributed by atoms with Crippen LogP contribution in [0.15, 0.2) is 48.7 Å². The van der Waals surface area contributed by atoms with Crippen LogP contribution in [0, 0.1) is 0 Å². The minimum Gasteiger partial charge on any atom is -0.508 e. The van der Waals surface area contributed by atoms with Gasteiger partial charge in [0.1, 0.15) is 5.75 Å². The largest absolute Gasteiger partial charge is 0.508 e. The highest BCUT2D eigenvalue weighted by molar-refractivity contribution is 5.95. The van der Waals surface area contributed by atoms with Crippen LogP contribution in [0.1, 0.15) is 16.8 Å². The number of fused-ring (bicyclic) bond motifs is 1. The first-order valence-electron chi connectivity index (χ1n) is 7.86. The fourth-order valence-corrected chi connectivity index (χ4v) is 2.92. The molecule has 2 aromatic carbocycles. The minimum atomic E-state index is -0.110. The van der Waals surface area contributed by atoms with E-state index in [2.05, 4.69) is 10.4 Å². The second-order valence-electron chi connectivity index (χ2n) is 5.88. The monoisotopic (exact) mass is 323 g/mol. The molecule has 1 aromatic heterocycles. The summed E-state index contributed by atoms with van der Waals surface area (Å²) in [6.45, 7) is 1.26. The lowest BCUT2D eigenvalue weighted by Crippen LogP contribution is -2.35. The number of phenols is 1. The summed E-state index contributed by atoms with van der Waals surface area (Å²) in [5.74, 6) is 0.0930. The van der Waals surface area contributed by atoms with E-state index in [-0.39, 0.29) is 17.7 Å². The lowest BCUT2D eigenvalue weighted by Gasteiger charge is -2.11. The van der Waals surface area contributed by atoms with E-state index >= 15 is 0 Å². The minimum absolute atomic E-state index is 0.0784. The van der Waals surface area contributed by atoms with Crippen LogP contribution in [-0.4, -0.2) is 40.0 Å². The first kappa shape index (κ1) is 14.7. The Hall–Kier alpha value is -2.86. The SMILES string of the molecule is O=C(NC1CCOC1)c1cccc(-n2ncc3cc(O)ccc32)c1. The maximum Gasteiger partial charge on any atom is 0.251 e. The molecular weight excluding hydrogens is 306 g/mol. The van der Waals surface area contributed by atoms with E-state index in [0.29, 0.717) is 18.8 Å². The van der Waals surface area contributed by atoms with E-state index in [0.717, 1.165) is 23.0 Å². The second kappa shape index (κ2) is 5.98. The van der Waals surface area contributed by atoms with Crippen molar-refractivity contribution in [2.24, 2.45) is 0 Å². The van der Waals surface area contributed by atoms with Gasteiger partial charge in [-0.3, -0.25) is 4.79 Å². The molecule has 1 aliphatic heterocycles. The van der Waals surface area contributed by atoms with Gasteiger partial charge in [-0.1, -0.05) is 6.07 Å². The first-order valence-corrected chi connectivity index (χ1v) is 7.86. The van der Waals surface area contributed by atoms with Crippen molar-refractivity contribution in [1.82, 2.24) is 15.1 Å². The third-order valence-electron chi connectivity index (χ3n) is 4.17. The number of aromatic hydroxyl groups is 1. The molecule has 0 saturated carbocycles. The summed E-state index contributed by atoms with van der Waals surface area (Å²) in [4.78, 5) is 12.4. The van der Waals surface area contributed by atoms with Gasteiger partial charge >= 0.3 is 0 Å². The van der Waals surface area contributed by atoms with Crippen molar-refractivity contribution in [2.45, 2.75) is 12.5 Å². The van der Waals surface area contributed by atoms with Crippen molar-refractivity contribution in [1.29, 1.82) is 0 Å². The molecule has 1 aliphatic rings. The summed E-state index contributed by atoms with van der Waals surface area (Å²) >= 11 is 0. The molecule has 24 heavy (non-hydrogen) atoms. The van der Waals surface area contributed by atoms with Gasteiger partial charge in [0.25, 0.3) is 5.91 Å². The molecule has 3 aromatic rings. The summed E-state index contributed by atoms with van der Waals surface area (Å²) in [5.41, 5.74) is 2.25. The van der Waals surface area contributed by atoms with Crippen molar-refractivity contribution in [2.75, 3.05) is 13.2 Å². The predicted molar refractivity (Wildman–Crippen MR) is 89.4 cm³/mol. The number of nitrogens with one attached hydrogen (secondary N) is 1. The number of carbonyl (C=O) groups is 1. The highest BCUT2D eigenvalue weighted by atomic mass is 16.5. The number of hydrogen-bond donors (Lipinski definition) is 2. The molecule has 0 spiro atoms. The van der Waals surface area contributed by atoms with Gasteiger partial charge in [0.05, 0.1) is 30.0 Å². The van der Waals surface area contributed by atoms with Gasteiger partial charge < -0.3 is 15.2 Å². The van der Waals surface area contributed by atoms with Crippen LogP contribution in [0.4, 0.5) is 0 Å². The fourth-order valence-electron chi connectivity index (χ4n) is 2.92. The van der Waals surface area contributed by atoms with E-state index in [9.17, 15) is 9.90 Å². The first-order chi connectivity index (χ1) is 11.7. The Kier molecular flexibility index (Phi) is 3.66. The van der Waals surface area contributed by atoms with E-state index in [1.807, 2.05) is 18.2 Å². The summed E-state index contributed by atoms with van der Waals surface area (Å²) in [6.07, 6.45) is 2.54. The van der Waals surface area contributed by atoms with Crippen molar-refractivity contribution in [3.8, 4) is 11.4 Å². The molecule has 0 bridgehead atoms. The molecular formula is C18H17N3O3. The van der Waals surface area contributed by atoms with Gasteiger partial charge in [0.15, 0.2) is 0 Å². The Morgan fingerprint density at radius 1 is 1.29 bits per heavy atom. The maximum absolute atomic E-state index is 12.4. The van der Waals surface area contributed by atoms with Crippen LogP contribution in [0.3, 0.4) is 0 Å². The van der Waals surface area contributed by atoms with Crippen LogP contribution in [0.2, 0.25) is 0 Å². The maximum atomic E-state index is 12.4. The van der Waals surface area contributed by atoms with Gasteiger partial charge in [0.2, 0.25) is 0 Å². The summed E-state index contributed by atoms with van der Waals surface area (Å²) < 4.78 is 7.04. The normalized spacial score (nSPS) is 17.2. The highest BCUT2D eigenvalue weighted by Crippen LogP contribution is 2.22. The summed E-state index contributed by atoms with van der Waals surface area (Å²) in [7, 11) is 0. The van der Waals surface area contributed by atoms with Crippen LogP contribution < -0.4 is 5.32 Å². The van der Waals surface area contributed by atoms with Crippen molar-refractivity contribution in [3.63, 3.8) is 0 Å². The average molecular weight is 323 g/mol. The quantitative estimate of drug-likeness (QED) is 0.775. The van der Waals surface area contributed by atoms with Gasteiger partial charge in [-0.05, 0) is 42.8 Å². The smallest absolute Gasteiger partial charge is 0.251 e. The predicted octanol–water partition coefficient (Wildman–Crippen LogP) is 2.25. The third-order valence-corrected chi connectivity index (χ3v) is 4.17. The Morgan fingerprint density at radius 3 is 3.04 bits per heavy atom. The molecule has 1 unspecified atom stereocenters. The molecule has 1 saturated heterocycles. The number of rotatable bonds is 3. The number of carbonyl (C=O) groups excluding carboxylic acids is 1. The lowest BCUT2D eigenvalue weighted by atomic mass is 10.1. The molecule has 1 fully saturated rings. The van der Waals surface area contributed by atoms with E-state index in [1.54, 1.807) is 35.1 Å². The van der Waals surface area contributed by atoms with Crippen molar-refractivity contribution >= 4 is 16.8 Å².